The third-order valence-corrected chi connectivity index (χ3v) is 4.41. The summed E-state index contributed by atoms with van der Waals surface area (Å²) in [6.45, 7) is 3.91. The topological polar surface area (TPSA) is 21.3 Å². The number of rotatable bonds is 14. The molecular weight excluding hydrogens is 386 g/mol. The van der Waals surface area contributed by atoms with E-state index in [1.165, 1.54) is 49.7 Å². The van der Waals surface area contributed by atoms with Crippen LogP contribution in [0.5, 0.6) is 0 Å². The fraction of sp³-hybridized carbons (Fsp3) is 0.478. The maximum Gasteiger partial charge on any atom is 0.0466 e. The smallest absolute Gasteiger partial charge is 0.0466 e. The highest BCUT2D eigenvalue weighted by molar-refractivity contribution is 8.93. The van der Waals surface area contributed by atoms with Crippen LogP contribution >= 0.6 is 17.0 Å². The molecule has 2 rings (SSSR count). The van der Waals surface area contributed by atoms with Gasteiger partial charge in [-0.3, -0.25) is 0 Å². The van der Waals surface area contributed by atoms with E-state index in [-0.39, 0.29) is 17.0 Å². The molecule has 1 N–H and O–H groups in total. The van der Waals surface area contributed by atoms with E-state index in [9.17, 15) is 0 Å². The molecule has 0 amide bonds. The van der Waals surface area contributed by atoms with Crippen LogP contribution in [0.2, 0.25) is 0 Å². The molecule has 144 valence electrons. The highest BCUT2D eigenvalue weighted by Gasteiger charge is 1.95. The Balaban J connectivity index is 0.00000338. The van der Waals surface area contributed by atoms with Gasteiger partial charge in [-0.2, -0.15) is 0 Å². The lowest BCUT2D eigenvalue weighted by atomic mass is 10.1. The Kier molecular flexibility index (Phi) is 14.1. The van der Waals surface area contributed by atoms with Gasteiger partial charge in [0.15, 0.2) is 0 Å². The van der Waals surface area contributed by atoms with Crippen LogP contribution in [0.3, 0.4) is 0 Å². The van der Waals surface area contributed by atoms with E-state index in [0.717, 1.165) is 32.7 Å². The molecule has 0 bridgehead atoms. The minimum Gasteiger partial charge on any atom is -0.381 e. The van der Waals surface area contributed by atoms with E-state index in [4.69, 9.17) is 4.74 Å². The number of benzene rings is 2. The van der Waals surface area contributed by atoms with Gasteiger partial charge in [-0.25, -0.2) is 0 Å². The lowest BCUT2D eigenvalue weighted by molar-refractivity contribution is 0.126. The Labute approximate surface area is 170 Å². The molecule has 0 radical (unpaired) electrons. The summed E-state index contributed by atoms with van der Waals surface area (Å²) in [5.41, 5.74) is 2.80. The Hall–Kier alpha value is -1.16. The van der Waals surface area contributed by atoms with Crippen LogP contribution in [0.25, 0.3) is 0 Å². The first-order chi connectivity index (χ1) is 12.4. The lowest BCUT2D eigenvalue weighted by Gasteiger charge is -2.06. The third kappa shape index (κ3) is 11.5. The van der Waals surface area contributed by atoms with Gasteiger partial charge in [0.2, 0.25) is 0 Å². The Bertz CT molecular complexity index is 483. The summed E-state index contributed by atoms with van der Waals surface area (Å²) in [5.74, 6) is 0. The van der Waals surface area contributed by atoms with Gasteiger partial charge in [-0.1, -0.05) is 73.5 Å². The van der Waals surface area contributed by atoms with Crippen LogP contribution in [0.1, 0.15) is 49.7 Å². The summed E-state index contributed by atoms with van der Waals surface area (Å²) < 4.78 is 5.74. The van der Waals surface area contributed by atoms with Gasteiger partial charge in [0.1, 0.15) is 0 Å². The highest BCUT2D eigenvalue weighted by atomic mass is 79.9. The van der Waals surface area contributed by atoms with Crippen LogP contribution in [0.15, 0.2) is 60.7 Å². The molecule has 0 aliphatic heterocycles. The van der Waals surface area contributed by atoms with Crippen molar-refractivity contribution in [1.82, 2.24) is 5.32 Å². The monoisotopic (exact) mass is 419 g/mol. The van der Waals surface area contributed by atoms with Crippen molar-refractivity contribution >= 4 is 17.0 Å². The molecule has 0 unspecified atom stereocenters. The fourth-order valence-corrected chi connectivity index (χ4v) is 2.92. The van der Waals surface area contributed by atoms with Crippen molar-refractivity contribution in [2.75, 3.05) is 19.8 Å². The molecular formula is C23H34BrNO. The summed E-state index contributed by atoms with van der Waals surface area (Å²) in [5, 5.41) is 3.51. The molecule has 2 aromatic rings. The summed E-state index contributed by atoms with van der Waals surface area (Å²) in [6, 6.07) is 21.3. The molecule has 0 fully saturated rings. The second-order valence-corrected chi connectivity index (χ2v) is 6.63. The molecule has 0 spiro atoms. The zero-order valence-corrected chi connectivity index (χ0v) is 17.6. The minimum absolute atomic E-state index is 0. The van der Waals surface area contributed by atoms with E-state index < -0.39 is 0 Å². The molecule has 3 heteroatoms. The van der Waals surface area contributed by atoms with Gasteiger partial charge in [-0.15, -0.1) is 17.0 Å². The molecule has 0 saturated heterocycles. The lowest BCUT2D eigenvalue weighted by Crippen LogP contribution is -2.14. The number of halogens is 1. The molecule has 0 saturated carbocycles. The third-order valence-electron chi connectivity index (χ3n) is 4.41. The van der Waals surface area contributed by atoms with Gasteiger partial charge < -0.3 is 10.1 Å². The van der Waals surface area contributed by atoms with Crippen molar-refractivity contribution in [2.45, 2.75) is 51.5 Å². The zero-order chi connectivity index (χ0) is 17.4. The Morgan fingerprint density at radius 1 is 0.615 bits per heavy atom. The Morgan fingerprint density at radius 2 is 1.19 bits per heavy atom. The van der Waals surface area contributed by atoms with Crippen molar-refractivity contribution < 1.29 is 4.74 Å². The summed E-state index contributed by atoms with van der Waals surface area (Å²) in [6.07, 6.45) is 8.56. The van der Waals surface area contributed by atoms with Crippen LogP contribution in [-0.2, 0) is 17.7 Å². The number of aryl methyl sites for hydroxylation is 1. The number of nitrogens with one attached hydrogen (secondary N) is 1. The first kappa shape index (κ1) is 22.9. The second kappa shape index (κ2) is 16.0. The number of hydrogen-bond acceptors (Lipinski definition) is 2. The second-order valence-electron chi connectivity index (χ2n) is 6.63. The van der Waals surface area contributed by atoms with Crippen LogP contribution in [0.4, 0.5) is 0 Å². The van der Waals surface area contributed by atoms with E-state index in [2.05, 4.69) is 66.0 Å². The first-order valence-electron chi connectivity index (χ1n) is 9.81. The minimum atomic E-state index is 0. The summed E-state index contributed by atoms with van der Waals surface area (Å²) >= 11 is 0. The predicted molar refractivity (Wildman–Crippen MR) is 117 cm³/mol. The van der Waals surface area contributed by atoms with Crippen molar-refractivity contribution in [3.63, 3.8) is 0 Å². The Morgan fingerprint density at radius 3 is 1.88 bits per heavy atom. The normalized spacial score (nSPS) is 10.5. The number of unbranched alkanes of at least 4 members (excludes halogenated alkanes) is 4. The number of hydrogen-bond donors (Lipinski definition) is 1. The molecule has 0 aliphatic rings. The van der Waals surface area contributed by atoms with Gasteiger partial charge >= 0.3 is 0 Å². The zero-order valence-electron chi connectivity index (χ0n) is 15.9. The first-order valence-corrected chi connectivity index (χ1v) is 9.81. The van der Waals surface area contributed by atoms with E-state index in [1.807, 2.05) is 0 Å². The van der Waals surface area contributed by atoms with Crippen molar-refractivity contribution in [2.24, 2.45) is 0 Å². The van der Waals surface area contributed by atoms with Gasteiger partial charge in [-0.05, 0) is 49.8 Å². The fourth-order valence-electron chi connectivity index (χ4n) is 2.92. The van der Waals surface area contributed by atoms with Gasteiger partial charge in [0, 0.05) is 19.8 Å². The molecule has 0 aromatic heterocycles. The van der Waals surface area contributed by atoms with E-state index in [1.54, 1.807) is 0 Å². The maximum absolute atomic E-state index is 5.74. The van der Waals surface area contributed by atoms with Crippen molar-refractivity contribution in [3.8, 4) is 0 Å². The molecule has 2 aromatic carbocycles. The predicted octanol–water partition coefficient (Wildman–Crippen LogP) is 5.95. The van der Waals surface area contributed by atoms with E-state index in [0.29, 0.717) is 0 Å². The maximum atomic E-state index is 5.74. The average molecular weight is 420 g/mol. The SMILES string of the molecule is Br.c1ccc(CCCCOCCCCCCNCc2ccccc2)cc1. The van der Waals surface area contributed by atoms with Gasteiger partial charge in [0.25, 0.3) is 0 Å². The van der Waals surface area contributed by atoms with Crippen molar-refractivity contribution in [1.29, 1.82) is 0 Å². The van der Waals surface area contributed by atoms with Crippen LogP contribution in [-0.4, -0.2) is 19.8 Å². The average Bonchev–Trinajstić information content (AvgIpc) is 2.67. The molecule has 2 nitrogen and oxygen atoms in total. The molecule has 0 atom stereocenters. The largest absolute Gasteiger partial charge is 0.381 e. The highest BCUT2D eigenvalue weighted by Crippen LogP contribution is 2.05. The van der Waals surface area contributed by atoms with Crippen LogP contribution < -0.4 is 5.32 Å². The molecule has 26 heavy (non-hydrogen) atoms. The van der Waals surface area contributed by atoms with Crippen molar-refractivity contribution in [3.05, 3.63) is 71.8 Å². The standard InChI is InChI=1S/C23H33NO.BrH/c1(10-18-24-21-23-16-7-4-8-17-23)2-11-19-25-20-12-9-15-22-13-5-3-6-14-22;/h3-8,13-14,16-17,24H,1-2,9-12,15,18-21H2;1H. The van der Waals surface area contributed by atoms with Crippen LogP contribution in [0, 0.1) is 0 Å². The summed E-state index contributed by atoms with van der Waals surface area (Å²) in [7, 11) is 0. The molecule has 0 aliphatic carbocycles. The summed E-state index contributed by atoms with van der Waals surface area (Å²) in [4.78, 5) is 0. The van der Waals surface area contributed by atoms with E-state index >= 15 is 0 Å². The number of ether oxygens (including phenoxy) is 1. The quantitative estimate of drug-likeness (QED) is 0.381. The molecule has 0 heterocycles. The van der Waals surface area contributed by atoms with Gasteiger partial charge in [0.05, 0.1) is 0 Å².